The predicted octanol–water partition coefficient (Wildman–Crippen LogP) is 4.18. The first kappa shape index (κ1) is 21.7. The first-order chi connectivity index (χ1) is 16.0. The molecule has 3 heterocycles. The number of hydrogen-bond acceptors (Lipinski definition) is 7. The van der Waals surface area contributed by atoms with Gasteiger partial charge in [0.2, 0.25) is 16.0 Å². The van der Waals surface area contributed by atoms with Gasteiger partial charge in [-0.05, 0) is 68.1 Å². The van der Waals surface area contributed by atoms with E-state index in [1.807, 2.05) is 18.2 Å². The van der Waals surface area contributed by atoms with E-state index in [0.717, 1.165) is 55.7 Å². The van der Waals surface area contributed by atoms with Crippen molar-refractivity contribution in [1.29, 1.82) is 0 Å². The van der Waals surface area contributed by atoms with Crippen LogP contribution in [0.3, 0.4) is 0 Å². The molecule has 0 bridgehead atoms. The highest BCUT2D eigenvalue weighted by Gasteiger charge is 2.26. The lowest BCUT2D eigenvalue weighted by Gasteiger charge is -2.30. The van der Waals surface area contributed by atoms with Gasteiger partial charge in [0.05, 0.1) is 4.90 Å². The number of aromatic nitrogens is 2. The molecule has 0 unspecified atom stereocenters. The first-order valence-electron chi connectivity index (χ1n) is 11.3. The molecule has 2 N–H and O–H groups in total. The lowest BCUT2D eigenvalue weighted by atomic mass is 10.0. The minimum Gasteiger partial charge on any atom is -0.508 e. The molecule has 1 saturated heterocycles. The summed E-state index contributed by atoms with van der Waals surface area (Å²) in [5.41, 5.74) is 2.60. The van der Waals surface area contributed by atoms with Crippen molar-refractivity contribution in [1.82, 2.24) is 14.3 Å². The number of piperidine rings is 1. The number of phenols is 1. The molecule has 5 rings (SSSR count). The van der Waals surface area contributed by atoms with Gasteiger partial charge in [0.1, 0.15) is 11.6 Å². The molecule has 0 amide bonds. The zero-order valence-corrected chi connectivity index (χ0v) is 19.1. The fraction of sp³-hybridized carbons (Fsp3) is 0.333. The Morgan fingerprint density at radius 2 is 1.70 bits per heavy atom. The Morgan fingerprint density at radius 1 is 0.909 bits per heavy atom. The Bertz CT molecular complexity index is 1240. The number of anilines is 4. The number of aromatic hydroxyl groups is 1. The molecular formula is C24H27N5O3S. The van der Waals surface area contributed by atoms with E-state index in [1.165, 1.54) is 0 Å². The van der Waals surface area contributed by atoms with E-state index in [-0.39, 0.29) is 0 Å². The summed E-state index contributed by atoms with van der Waals surface area (Å²) in [6.07, 6.45) is 6.35. The molecule has 0 aliphatic carbocycles. The van der Waals surface area contributed by atoms with E-state index in [1.54, 1.807) is 40.8 Å². The molecule has 0 saturated carbocycles. The Labute approximate surface area is 194 Å². The minimum absolute atomic E-state index is 0.300. The van der Waals surface area contributed by atoms with Crippen LogP contribution in [0, 0.1) is 0 Å². The van der Waals surface area contributed by atoms with Gasteiger partial charge in [-0.2, -0.15) is 9.29 Å². The van der Waals surface area contributed by atoms with E-state index < -0.39 is 10.0 Å². The van der Waals surface area contributed by atoms with Crippen molar-refractivity contribution < 1.29 is 13.5 Å². The van der Waals surface area contributed by atoms with Crippen LogP contribution in [0.2, 0.25) is 0 Å². The molecule has 1 fully saturated rings. The van der Waals surface area contributed by atoms with Crippen LogP contribution in [0.25, 0.3) is 0 Å². The molecule has 3 aromatic rings. The quantitative estimate of drug-likeness (QED) is 0.583. The number of sulfonamides is 1. The van der Waals surface area contributed by atoms with Gasteiger partial charge in [-0.3, -0.25) is 0 Å². The third kappa shape index (κ3) is 4.38. The van der Waals surface area contributed by atoms with Gasteiger partial charge in [0, 0.05) is 42.8 Å². The maximum Gasteiger partial charge on any atom is 0.243 e. The van der Waals surface area contributed by atoms with Crippen LogP contribution in [0.4, 0.5) is 23.1 Å². The molecule has 1 aromatic heterocycles. The first-order valence-corrected chi connectivity index (χ1v) is 12.7. The number of hydrogen-bond donors (Lipinski definition) is 2. The number of rotatable bonds is 5. The summed E-state index contributed by atoms with van der Waals surface area (Å²) in [5.74, 6) is 1.47. The number of nitrogens with zero attached hydrogens (tertiary/aromatic N) is 4. The zero-order chi connectivity index (χ0) is 22.8. The van der Waals surface area contributed by atoms with Gasteiger partial charge in [-0.25, -0.2) is 13.4 Å². The van der Waals surface area contributed by atoms with E-state index >= 15 is 0 Å². The van der Waals surface area contributed by atoms with Crippen LogP contribution in [-0.4, -0.2) is 47.4 Å². The maximum absolute atomic E-state index is 12.9. The summed E-state index contributed by atoms with van der Waals surface area (Å²) in [6, 6.07) is 14.1. The van der Waals surface area contributed by atoms with Gasteiger partial charge in [-0.1, -0.05) is 12.5 Å². The van der Waals surface area contributed by atoms with Gasteiger partial charge in [-0.15, -0.1) is 0 Å². The summed E-state index contributed by atoms with van der Waals surface area (Å²) in [5, 5.41) is 13.4. The zero-order valence-electron chi connectivity index (χ0n) is 18.3. The van der Waals surface area contributed by atoms with E-state index in [0.29, 0.717) is 35.4 Å². The number of nitrogens with one attached hydrogen (secondary N) is 1. The molecule has 2 aromatic carbocycles. The lowest BCUT2D eigenvalue weighted by Crippen LogP contribution is -2.35. The minimum atomic E-state index is -3.46. The molecule has 0 radical (unpaired) electrons. The number of benzene rings is 2. The Morgan fingerprint density at radius 3 is 2.48 bits per heavy atom. The van der Waals surface area contributed by atoms with Crippen molar-refractivity contribution in [2.24, 2.45) is 0 Å². The molecular weight excluding hydrogens is 438 g/mol. The van der Waals surface area contributed by atoms with Gasteiger partial charge in [0.15, 0.2) is 0 Å². The summed E-state index contributed by atoms with van der Waals surface area (Å²) >= 11 is 0. The van der Waals surface area contributed by atoms with E-state index in [2.05, 4.69) is 20.2 Å². The van der Waals surface area contributed by atoms with Crippen LogP contribution in [0.15, 0.2) is 59.6 Å². The van der Waals surface area contributed by atoms with Crippen molar-refractivity contribution in [3.8, 4) is 5.75 Å². The van der Waals surface area contributed by atoms with Crippen LogP contribution < -0.4 is 10.2 Å². The largest absolute Gasteiger partial charge is 0.508 e. The predicted molar refractivity (Wildman–Crippen MR) is 128 cm³/mol. The number of phenolic OH excluding ortho intramolecular Hbond substituents is 1. The van der Waals surface area contributed by atoms with Crippen LogP contribution >= 0.6 is 0 Å². The smallest absolute Gasteiger partial charge is 0.243 e. The lowest BCUT2D eigenvalue weighted by molar-refractivity contribution is 0.346. The standard InChI is InChI=1S/C24H27N5O3S/c30-22-8-4-7-21-20(22)6-5-17-29(21)23-13-14-25-24(27-23)26-18-9-11-19(12-10-18)33(31,32)28-15-2-1-3-16-28/h4,7-14,30H,1-3,5-6,15-17H2,(H,25,26,27). The molecule has 9 heteroatoms. The highest BCUT2D eigenvalue weighted by molar-refractivity contribution is 7.89. The monoisotopic (exact) mass is 465 g/mol. The molecule has 0 atom stereocenters. The van der Waals surface area contributed by atoms with Crippen LogP contribution in [0.1, 0.15) is 31.2 Å². The SMILES string of the molecule is O=S(=O)(c1ccc(Nc2nccc(N3CCCc4c(O)cccc43)n2)cc1)N1CCCCC1. The Kier molecular flexibility index (Phi) is 5.90. The fourth-order valence-corrected chi connectivity index (χ4v) is 6.01. The van der Waals surface area contributed by atoms with E-state index in [9.17, 15) is 13.5 Å². The highest BCUT2D eigenvalue weighted by Crippen LogP contribution is 2.37. The number of fused-ring (bicyclic) bond motifs is 1. The van der Waals surface area contributed by atoms with E-state index in [4.69, 9.17) is 0 Å². The molecule has 172 valence electrons. The van der Waals surface area contributed by atoms with Crippen molar-refractivity contribution in [3.05, 3.63) is 60.3 Å². The molecule has 33 heavy (non-hydrogen) atoms. The van der Waals surface area contributed by atoms with Crippen molar-refractivity contribution in [2.75, 3.05) is 29.9 Å². The average Bonchev–Trinajstić information content (AvgIpc) is 2.85. The van der Waals surface area contributed by atoms with Gasteiger partial charge in [0.25, 0.3) is 0 Å². The highest BCUT2D eigenvalue weighted by atomic mass is 32.2. The average molecular weight is 466 g/mol. The van der Waals surface area contributed by atoms with Gasteiger partial charge < -0.3 is 15.3 Å². The normalized spacial score (nSPS) is 16.9. The Hall–Kier alpha value is -3.17. The summed E-state index contributed by atoms with van der Waals surface area (Å²) in [7, 11) is -3.46. The molecule has 2 aliphatic rings. The second-order valence-electron chi connectivity index (χ2n) is 8.38. The second-order valence-corrected chi connectivity index (χ2v) is 10.3. The summed E-state index contributed by atoms with van der Waals surface area (Å²) in [6.45, 7) is 1.97. The van der Waals surface area contributed by atoms with Crippen molar-refractivity contribution in [3.63, 3.8) is 0 Å². The molecule has 8 nitrogen and oxygen atoms in total. The third-order valence-electron chi connectivity index (χ3n) is 6.21. The summed E-state index contributed by atoms with van der Waals surface area (Å²) < 4.78 is 27.3. The molecule has 0 spiro atoms. The maximum atomic E-state index is 12.9. The van der Waals surface area contributed by atoms with Crippen LogP contribution in [0.5, 0.6) is 5.75 Å². The second kappa shape index (κ2) is 8.99. The fourth-order valence-electron chi connectivity index (χ4n) is 4.50. The van der Waals surface area contributed by atoms with Gasteiger partial charge >= 0.3 is 0 Å². The van der Waals surface area contributed by atoms with Crippen LogP contribution in [-0.2, 0) is 16.4 Å². The van der Waals surface area contributed by atoms with Crippen molar-refractivity contribution >= 4 is 33.2 Å². The molecule has 2 aliphatic heterocycles. The van der Waals surface area contributed by atoms with Crippen molar-refractivity contribution in [2.45, 2.75) is 37.0 Å². The summed E-state index contributed by atoms with van der Waals surface area (Å²) in [4.78, 5) is 11.4. The Balaban J connectivity index is 1.34. The third-order valence-corrected chi connectivity index (χ3v) is 8.12. The topological polar surface area (TPSA) is 98.7 Å².